The van der Waals surface area contributed by atoms with E-state index in [1.165, 1.54) is 0 Å². The molecule has 5 heteroatoms. The summed E-state index contributed by atoms with van der Waals surface area (Å²) < 4.78 is 7.19. The summed E-state index contributed by atoms with van der Waals surface area (Å²) >= 11 is 6.72. The number of Topliss-reactive ketones (excluding diaryl/α,β-unsaturated/α-hetero) is 1. The minimum atomic E-state index is -0.135. The van der Waals surface area contributed by atoms with Crippen LogP contribution in [0.3, 0.4) is 0 Å². The first kappa shape index (κ1) is 14.8. The number of nitriles is 1. The second-order valence-electron chi connectivity index (χ2n) is 3.98. The molecule has 0 aliphatic rings. The highest BCUT2D eigenvalue weighted by atomic mass is 79.9. The summed E-state index contributed by atoms with van der Waals surface area (Å²) in [6.45, 7) is -0.0495. The average molecular weight is 395 g/mol. The lowest BCUT2D eigenvalue weighted by Crippen LogP contribution is -2.11. The van der Waals surface area contributed by atoms with Crippen LogP contribution in [0, 0.1) is 11.3 Å². The lowest BCUT2D eigenvalue weighted by atomic mass is 10.1. The number of carbonyl (C=O) groups is 1. The van der Waals surface area contributed by atoms with Crippen LogP contribution in [0.1, 0.15) is 15.9 Å². The minimum absolute atomic E-state index is 0.0495. The third-order valence-corrected chi connectivity index (χ3v) is 3.70. The number of carbonyl (C=O) groups excluding carboxylic acids is 1. The third kappa shape index (κ3) is 3.69. The van der Waals surface area contributed by atoms with E-state index in [4.69, 9.17) is 10.00 Å². The van der Waals surface area contributed by atoms with Crippen LogP contribution in [0.5, 0.6) is 5.75 Å². The van der Waals surface area contributed by atoms with Crippen LogP contribution in [0.15, 0.2) is 51.4 Å². The zero-order valence-electron chi connectivity index (χ0n) is 10.3. The number of benzene rings is 2. The van der Waals surface area contributed by atoms with E-state index in [-0.39, 0.29) is 12.4 Å². The van der Waals surface area contributed by atoms with Crippen molar-refractivity contribution in [3.63, 3.8) is 0 Å². The molecular formula is C15H9Br2NO2. The number of nitrogens with zero attached hydrogens (tertiary/aromatic N) is 1. The van der Waals surface area contributed by atoms with Crippen LogP contribution >= 0.6 is 31.9 Å². The fourth-order valence-electron chi connectivity index (χ4n) is 1.55. The topological polar surface area (TPSA) is 50.1 Å². The molecule has 100 valence electrons. The van der Waals surface area contributed by atoms with Gasteiger partial charge in [-0.2, -0.15) is 5.26 Å². The molecule has 2 rings (SSSR count). The highest BCUT2D eigenvalue weighted by Crippen LogP contribution is 2.28. The summed E-state index contributed by atoms with van der Waals surface area (Å²) in [4.78, 5) is 12.0. The number of rotatable bonds is 4. The van der Waals surface area contributed by atoms with E-state index in [0.717, 1.165) is 8.95 Å². The Hall–Kier alpha value is -1.64. The van der Waals surface area contributed by atoms with Crippen LogP contribution in [0.2, 0.25) is 0 Å². The van der Waals surface area contributed by atoms with E-state index in [0.29, 0.717) is 16.9 Å². The van der Waals surface area contributed by atoms with Crippen molar-refractivity contribution in [2.75, 3.05) is 6.61 Å². The lowest BCUT2D eigenvalue weighted by Gasteiger charge is -2.08. The molecule has 0 aliphatic heterocycles. The van der Waals surface area contributed by atoms with Gasteiger partial charge in [0.25, 0.3) is 0 Å². The Morgan fingerprint density at radius 2 is 1.85 bits per heavy atom. The Labute approximate surface area is 133 Å². The van der Waals surface area contributed by atoms with Crippen molar-refractivity contribution in [1.82, 2.24) is 0 Å². The molecule has 20 heavy (non-hydrogen) atoms. The Morgan fingerprint density at radius 1 is 1.15 bits per heavy atom. The molecule has 0 bridgehead atoms. The van der Waals surface area contributed by atoms with Crippen molar-refractivity contribution in [3.05, 3.63) is 62.5 Å². The second-order valence-corrected chi connectivity index (χ2v) is 5.75. The van der Waals surface area contributed by atoms with Gasteiger partial charge in [0.05, 0.1) is 16.1 Å². The molecular weight excluding hydrogens is 386 g/mol. The first-order valence-corrected chi connectivity index (χ1v) is 7.30. The van der Waals surface area contributed by atoms with Crippen molar-refractivity contribution in [1.29, 1.82) is 5.26 Å². The Bertz CT molecular complexity index is 675. The van der Waals surface area contributed by atoms with Crippen LogP contribution < -0.4 is 4.74 Å². The zero-order valence-corrected chi connectivity index (χ0v) is 13.4. The molecule has 0 unspecified atom stereocenters. The molecule has 3 nitrogen and oxygen atoms in total. The van der Waals surface area contributed by atoms with E-state index in [1.807, 2.05) is 18.2 Å². The Kier molecular flexibility index (Phi) is 4.94. The molecule has 2 aromatic rings. The van der Waals surface area contributed by atoms with Gasteiger partial charge in [0.1, 0.15) is 5.75 Å². The molecule has 0 atom stereocenters. The second kappa shape index (κ2) is 6.69. The quantitative estimate of drug-likeness (QED) is 0.724. The molecule has 0 radical (unpaired) electrons. The molecule has 0 amide bonds. The summed E-state index contributed by atoms with van der Waals surface area (Å²) in [6, 6.07) is 14.0. The van der Waals surface area contributed by atoms with Gasteiger partial charge in [0.2, 0.25) is 0 Å². The first-order valence-electron chi connectivity index (χ1n) is 5.71. The van der Waals surface area contributed by atoms with Gasteiger partial charge < -0.3 is 4.74 Å². The molecule has 0 aliphatic carbocycles. The van der Waals surface area contributed by atoms with E-state index in [9.17, 15) is 4.79 Å². The summed E-state index contributed by atoms with van der Waals surface area (Å²) in [6.07, 6.45) is 0. The monoisotopic (exact) mass is 393 g/mol. The predicted molar refractivity (Wildman–Crippen MR) is 82.8 cm³/mol. The van der Waals surface area contributed by atoms with Crippen molar-refractivity contribution in [2.24, 2.45) is 0 Å². The van der Waals surface area contributed by atoms with E-state index in [2.05, 4.69) is 31.9 Å². The molecule has 0 N–H and O–H groups in total. The van der Waals surface area contributed by atoms with Crippen LogP contribution in [-0.2, 0) is 0 Å². The summed E-state index contributed by atoms with van der Waals surface area (Å²) in [7, 11) is 0. The average Bonchev–Trinajstić information content (AvgIpc) is 2.46. The van der Waals surface area contributed by atoms with E-state index >= 15 is 0 Å². The van der Waals surface area contributed by atoms with Gasteiger partial charge in [-0.3, -0.25) is 4.79 Å². The highest BCUT2D eigenvalue weighted by molar-refractivity contribution is 9.11. The molecule has 0 saturated carbocycles. The number of halogens is 2. The predicted octanol–water partition coefficient (Wildman–Crippen LogP) is 4.34. The standard InChI is InChI=1S/C15H9Br2NO2/c16-12-5-6-15(13(17)7-12)20-9-14(19)11-3-1-10(8-18)2-4-11/h1-7H,9H2. The SMILES string of the molecule is N#Cc1ccc(C(=O)COc2ccc(Br)cc2Br)cc1. The van der Waals surface area contributed by atoms with Gasteiger partial charge in [-0.05, 0) is 58.4 Å². The number of hydrogen-bond donors (Lipinski definition) is 0. The fourth-order valence-corrected chi connectivity index (χ4v) is 2.71. The van der Waals surface area contributed by atoms with Crippen molar-refractivity contribution >= 4 is 37.6 Å². The minimum Gasteiger partial charge on any atom is -0.484 e. The number of hydrogen-bond acceptors (Lipinski definition) is 3. The lowest BCUT2D eigenvalue weighted by molar-refractivity contribution is 0.0921. The van der Waals surface area contributed by atoms with Gasteiger partial charge in [-0.1, -0.05) is 15.9 Å². The largest absolute Gasteiger partial charge is 0.484 e. The van der Waals surface area contributed by atoms with Crippen molar-refractivity contribution in [3.8, 4) is 11.8 Å². The Balaban J connectivity index is 2.03. The van der Waals surface area contributed by atoms with Crippen molar-refractivity contribution in [2.45, 2.75) is 0 Å². The van der Waals surface area contributed by atoms with E-state index in [1.54, 1.807) is 30.3 Å². The van der Waals surface area contributed by atoms with Gasteiger partial charge in [-0.15, -0.1) is 0 Å². The maximum absolute atomic E-state index is 12.0. The summed E-state index contributed by atoms with van der Waals surface area (Å²) in [5.74, 6) is 0.472. The first-order chi connectivity index (χ1) is 9.60. The van der Waals surface area contributed by atoms with Gasteiger partial charge in [-0.25, -0.2) is 0 Å². The molecule has 0 aromatic heterocycles. The van der Waals surface area contributed by atoms with Crippen LogP contribution in [-0.4, -0.2) is 12.4 Å². The Morgan fingerprint density at radius 3 is 2.45 bits per heavy atom. The maximum atomic E-state index is 12.0. The van der Waals surface area contributed by atoms with Gasteiger partial charge in [0.15, 0.2) is 12.4 Å². The highest BCUT2D eigenvalue weighted by Gasteiger charge is 2.08. The van der Waals surface area contributed by atoms with Gasteiger partial charge >= 0.3 is 0 Å². The molecule has 0 spiro atoms. The number of ketones is 1. The maximum Gasteiger partial charge on any atom is 0.200 e. The van der Waals surface area contributed by atoms with Gasteiger partial charge in [0, 0.05) is 10.0 Å². The van der Waals surface area contributed by atoms with Crippen LogP contribution in [0.4, 0.5) is 0 Å². The van der Waals surface area contributed by atoms with Crippen molar-refractivity contribution < 1.29 is 9.53 Å². The van der Waals surface area contributed by atoms with E-state index < -0.39 is 0 Å². The third-order valence-electron chi connectivity index (χ3n) is 2.59. The smallest absolute Gasteiger partial charge is 0.200 e. The summed E-state index contributed by atoms with van der Waals surface area (Å²) in [5.41, 5.74) is 1.05. The molecule has 0 saturated heterocycles. The zero-order chi connectivity index (χ0) is 14.5. The normalized spacial score (nSPS) is 9.85. The molecule has 0 fully saturated rings. The molecule has 0 heterocycles. The summed E-state index contributed by atoms with van der Waals surface area (Å²) in [5, 5.41) is 8.70. The van der Waals surface area contributed by atoms with Crippen LogP contribution in [0.25, 0.3) is 0 Å². The molecule has 2 aromatic carbocycles. The number of ether oxygens (including phenoxy) is 1. The fraction of sp³-hybridized carbons (Fsp3) is 0.0667.